The van der Waals surface area contributed by atoms with Gasteiger partial charge in [0.15, 0.2) is 0 Å². The molecule has 1 amide bonds. The predicted octanol–water partition coefficient (Wildman–Crippen LogP) is 0.582. The van der Waals surface area contributed by atoms with Gasteiger partial charge in [0.05, 0.1) is 0 Å². The molecule has 18 heavy (non-hydrogen) atoms. The van der Waals surface area contributed by atoms with Crippen molar-refractivity contribution in [2.45, 2.75) is 11.3 Å². The monoisotopic (exact) mass is 274 g/mol. The standard InChI is InChI=1S/C11H15FN2O3S/c1-14(2)11(15)7-8-13-18(16,17)10-6-4-3-5-9(10)12/h3-6,13H,7-8H2,1-2H3. The number of rotatable bonds is 5. The molecule has 5 nitrogen and oxygen atoms in total. The average Bonchev–Trinajstić information content (AvgIpc) is 2.28. The van der Waals surface area contributed by atoms with E-state index in [9.17, 15) is 17.6 Å². The van der Waals surface area contributed by atoms with Crippen LogP contribution in [-0.2, 0) is 14.8 Å². The number of carbonyl (C=O) groups excluding carboxylic acids is 1. The molecule has 0 aromatic heterocycles. The minimum Gasteiger partial charge on any atom is -0.349 e. The van der Waals surface area contributed by atoms with Crippen molar-refractivity contribution in [1.29, 1.82) is 0 Å². The molecule has 1 aromatic rings. The van der Waals surface area contributed by atoms with E-state index in [0.29, 0.717) is 0 Å². The van der Waals surface area contributed by atoms with E-state index in [1.807, 2.05) is 0 Å². The van der Waals surface area contributed by atoms with E-state index in [4.69, 9.17) is 0 Å². The van der Waals surface area contributed by atoms with Gasteiger partial charge in [-0.05, 0) is 12.1 Å². The molecule has 0 aliphatic carbocycles. The fourth-order valence-corrected chi connectivity index (χ4v) is 2.37. The summed E-state index contributed by atoms with van der Waals surface area (Å²) in [5.74, 6) is -1.02. The quantitative estimate of drug-likeness (QED) is 0.854. The average molecular weight is 274 g/mol. The molecule has 0 saturated heterocycles. The molecule has 1 rings (SSSR count). The fraction of sp³-hybridized carbons (Fsp3) is 0.364. The zero-order valence-corrected chi connectivity index (χ0v) is 11.0. The van der Waals surface area contributed by atoms with E-state index in [1.165, 1.54) is 23.1 Å². The van der Waals surface area contributed by atoms with Crippen LogP contribution in [0.2, 0.25) is 0 Å². The molecule has 0 aliphatic rings. The Morgan fingerprint density at radius 3 is 2.50 bits per heavy atom. The van der Waals surface area contributed by atoms with Crippen LogP contribution in [0.4, 0.5) is 4.39 Å². The lowest BCUT2D eigenvalue weighted by atomic mass is 10.3. The Labute approximate surface area is 106 Å². The van der Waals surface area contributed by atoms with Crippen LogP contribution in [0.1, 0.15) is 6.42 Å². The number of sulfonamides is 1. The summed E-state index contributed by atoms with van der Waals surface area (Å²) >= 11 is 0. The highest BCUT2D eigenvalue weighted by molar-refractivity contribution is 7.89. The van der Waals surface area contributed by atoms with Crippen molar-refractivity contribution < 1.29 is 17.6 Å². The molecule has 0 heterocycles. The van der Waals surface area contributed by atoms with Gasteiger partial charge in [-0.1, -0.05) is 12.1 Å². The molecule has 0 bridgehead atoms. The van der Waals surface area contributed by atoms with Gasteiger partial charge in [0.1, 0.15) is 10.7 Å². The highest BCUT2D eigenvalue weighted by atomic mass is 32.2. The Bertz CT molecular complexity index is 529. The van der Waals surface area contributed by atoms with E-state index in [0.717, 1.165) is 6.07 Å². The zero-order valence-electron chi connectivity index (χ0n) is 10.2. The van der Waals surface area contributed by atoms with E-state index in [2.05, 4.69) is 4.72 Å². The summed E-state index contributed by atoms with van der Waals surface area (Å²) in [6.45, 7) is -0.0618. The lowest BCUT2D eigenvalue weighted by molar-refractivity contribution is -0.128. The van der Waals surface area contributed by atoms with Gasteiger partial charge in [0.25, 0.3) is 0 Å². The molecule has 0 aliphatic heterocycles. The molecule has 0 saturated carbocycles. The number of benzene rings is 1. The third-order valence-electron chi connectivity index (χ3n) is 2.26. The van der Waals surface area contributed by atoms with Gasteiger partial charge in [-0.15, -0.1) is 0 Å². The van der Waals surface area contributed by atoms with Crippen LogP contribution in [-0.4, -0.2) is 39.9 Å². The highest BCUT2D eigenvalue weighted by Gasteiger charge is 2.18. The van der Waals surface area contributed by atoms with Crippen molar-refractivity contribution in [3.05, 3.63) is 30.1 Å². The van der Waals surface area contributed by atoms with Crippen LogP contribution in [0.25, 0.3) is 0 Å². The minimum absolute atomic E-state index is 0.0285. The lowest BCUT2D eigenvalue weighted by Crippen LogP contribution is -2.30. The summed E-state index contributed by atoms with van der Waals surface area (Å²) in [5.41, 5.74) is 0. The van der Waals surface area contributed by atoms with Crippen molar-refractivity contribution >= 4 is 15.9 Å². The van der Waals surface area contributed by atoms with Gasteiger partial charge in [0, 0.05) is 27.1 Å². The van der Waals surface area contributed by atoms with Gasteiger partial charge in [-0.2, -0.15) is 0 Å². The second-order valence-electron chi connectivity index (χ2n) is 3.87. The second-order valence-corrected chi connectivity index (χ2v) is 5.60. The first kappa shape index (κ1) is 14.6. The smallest absolute Gasteiger partial charge is 0.243 e. The van der Waals surface area contributed by atoms with Gasteiger partial charge < -0.3 is 4.90 Å². The number of hydrogen-bond acceptors (Lipinski definition) is 3. The molecule has 0 atom stereocenters. The number of amides is 1. The van der Waals surface area contributed by atoms with Crippen molar-refractivity contribution in [2.24, 2.45) is 0 Å². The normalized spacial score (nSPS) is 11.3. The van der Waals surface area contributed by atoms with Crippen LogP contribution >= 0.6 is 0 Å². The molecule has 0 unspecified atom stereocenters. The topological polar surface area (TPSA) is 66.5 Å². The Hall–Kier alpha value is -1.47. The predicted molar refractivity (Wildman–Crippen MR) is 64.9 cm³/mol. The van der Waals surface area contributed by atoms with E-state index < -0.39 is 20.7 Å². The molecule has 1 aromatic carbocycles. The lowest BCUT2D eigenvalue weighted by Gasteiger charge is -2.11. The van der Waals surface area contributed by atoms with Crippen LogP contribution in [0.15, 0.2) is 29.2 Å². The van der Waals surface area contributed by atoms with Crippen molar-refractivity contribution in [2.75, 3.05) is 20.6 Å². The maximum atomic E-state index is 13.3. The third kappa shape index (κ3) is 3.78. The zero-order chi connectivity index (χ0) is 13.8. The van der Waals surface area contributed by atoms with Crippen molar-refractivity contribution in [1.82, 2.24) is 9.62 Å². The van der Waals surface area contributed by atoms with E-state index >= 15 is 0 Å². The highest BCUT2D eigenvalue weighted by Crippen LogP contribution is 2.12. The maximum absolute atomic E-state index is 13.3. The van der Waals surface area contributed by atoms with Crippen LogP contribution < -0.4 is 4.72 Å². The molecular weight excluding hydrogens is 259 g/mol. The van der Waals surface area contributed by atoms with Crippen LogP contribution in [0.5, 0.6) is 0 Å². The summed E-state index contributed by atoms with van der Waals surface area (Å²) in [4.78, 5) is 12.2. The molecule has 0 fully saturated rings. The number of nitrogens with one attached hydrogen (secondary N) is 1. The second kappa shape index (κ2) is 5.92. The summed E-state index contributed by atoms with van der Waals surface area (Å²) < 4.78 is 38.9. The molecule has 7 heteroatoms. The SMILES string of the molecule is CN(C)C(=O)CCNS(=O)(=O)c1ccccc1F. The Balaban J connectivity index is 2.67. The number of nitrogens with zero attached hydrogens (tertiary/aromatic N) is 1. The molecular formula is C11H15FN2O3S. The summed E-state index contributed by atoms with van der Waals surface area (Å²) in [6, 6.07) is 5.08. The first-order valence-electron chi connectivity index (χ1n) is 5.29. The van der Waals surface area contributed by atoms with Gasteiger partial charge >= 0.3 is 0 Å². The molecule has 0 radical (unpaired) electrons. The first-order valence-corrected chi connectivity index (χ1v) is 6.77. The molecule has 1 N–H and O–H groups in total. The molecule has 0 spiro atoms. The summed E-state index contributed by atoms with van der Waals surface area (Å²) in [7, 11) is -0.754. The fourth-order valence-electron chi connectivity index (χ4n) is 1.26. The third-order valence-corrected chi connectivity index (χ3v) is 3.75. The van der Waals surface area contributed by atoms with Gasteiger partial charge in [-0.3, -0.25) is 4.79 Å². The van der Waals surface area contributed by atoms with E-state index in [1.54, 1.807) is 14.1 Å². The first-order chi connectivity index (χ1) is 8.34. The van der Waals surface area contributed by atoms with E-state index in [-0.39, 0.29) is 18.9 Å². The molecule has 100 valence electrons. The number of hydrogen-bond donors (Lipinski definition) is 1. The van der Waals surface area contributed by atoms with Crippen molar-refractivity contribution in [3.8, 4) is 0 Å². The summed E-state index contributed by atoms with van der Waals surface area (Å²) in [5, 5.41) is 0. The van der Waals surface area contributed by atoms with Gasteiger partial charge in [-0.25, -0.2) is 17.5 Å². The Kier molecular flexibility index (Phi) is 4.80. The number of carbonyl (C=O) groups is 1. The van der Waals surface area contributed by atoms with Crippen LogP contribution in [0, 0.1) is 5.82 Å². The summed E-state index contributed by atoms with van der Waals surface area (Å²) in [6.07, 6.45) is 0.0285. The number of halogens is 1. The maximum Gasteiger partial charge on any atom is 0.243 e. The van der Waals surface area contributed by atoms with Gasteiger partial charge in [0.2, 0.25) is 15.9 Å². The van der Waals surface area contributed by atoms with Crippen molar-refractivity contribution in [3.63, 3.8) is 0 Å². The Morgan fingerprint density at radius 1 is 1.33 bits per heavy atom. The largest absolute Gasteiger partial charge is 0.349 e. The minimum atomic E-state index is -3.91. The van der Waals surface area contributed by atoms with Crippen LogP contribution in [0.3, 0.4) is 0 Å². The Morgan fingerprint density at radius 2 is 1.94 bits per heavy atom.